The molecule has 8 heteroatoms. The summed E-state index contributed by atoms with van der Waals surface area (Å²) >= 11 is 0. The summed E-state index contributed by atoms with van der Waals surface area (Å²) in [4.78, 5) is 0. The fraction of sp³-hybridized carbons (Fsp3) is 1.00. The van der Waals surface area contributed by atoms with E-state index in [-0.39, 0.29) is 23.4 Å². The van der Waals surface area contributed by atoms with Gasteiger partial charge in [-0.15, -0.1) is 0 Å². The van der Waals surface area contributed by atoms with E-state index in [0.29, 0.717) is 26.4 Å². The summed E-state index contributed by atoms with van der Waals surface area (Å²) < 4.78 is 46.0. The van der Waals surface area contributed by atoms with E-state index in [2.05, 4.69) is 27.7 Å². The van der Waals surface area contributed by atoms with Crippen LogP contribution in [0.4, 0.5) is 0 Å². The van der Waals surface area contributed by atoms with Crippen LogP contribution in [0, 0.1) is 10.8 Å². The summed E-state index contributed by atoms with van der Waals surface area (Å²) in [6.45, 7) is 12.9. The third-order valence-electron chi connectivity index (χ3n) is 6.53. The van der Waals surface area contributed by atoms with Gasteiger partial charge in [0.1, 0.15) is 0 Å². The second kappa shape index (κ2) is 16.7. The monoisotopic (exact) mass is 506 g/mol. The third kappa shape index (κ3) is 14.5. The van der Waals surface area contributed by atoms with E-state index in [1.54, 1.807) is 0 Å². The van der Waals surface area contributed by atoms with E-state index in [9.17, 15) is 4.57 Å². The molecular weight excluding hydrogens is 455 g/mol. The van der Waals surface area contributed by atoms with Crippen molar-refractivity contribution in [2.24, 2.45) is 10.8 Å². The van der Waals surface area contributed by atoms with Gasteiger partial charge in [0.15, 0.2) is 12.6 Å². The van der Waals surface area contributed by atoms with Crippen LogP contribution in [0.2, 0.25) is 0 Å². The number of ether oxygens (including phenoxy) is 4. The first-order valence-electron chi connectivity index (χ1n) is 13.5. The molecule has 2 saturated heterocycles. The predicted molar refractivity (Wildman–Crippen MR) is 135 cm³/mol. The molecule has 0 aliphatic carbocycles. The summed E-state index contributed by atoms with van der Waals surface area (Å²) in [6, 6.07) is 0. The lowest BCUT2D eigenvalue weighted by Gasteiger charge is -2.29. The molecule has 2 aliphatic heterocycles. The van der Waals surface area contributed by atoms with E-state index in [1.807, 2.05) is 0 Å². The molecule has 0 saturated carbocycles. The minimum Gasteiger partial charge on any atom is -0.353 e. The number of hydrogen-bond donors (Lipinski definition) is 0. The molecule has 0 aromatic heterocycles. The second-order valence-corrected chi connectivity index (χ2v) is 12.5. The van der Waals surface area contributed by atoms with Crippen LogP contribution in [0.15, 0.2) is 0 Å². The van der Waals surface area contributed by atoms with Gasteiger partial charge in [0.2, 0.25) is 0 Å². The molecule has 0 aromatic carbocycles. The molecule has 0 spiro atoms. The molecule has 0 N–H and O–H groups in total. The first kappa shape index (κ1) is 30.2. The number of unbranched alkanes of at least 4 members (excludes halogenated alkanes) is 2. The van der Waals surface area contributed by atoms with Crippen LogP contribution in [0.25, 0.3) is 0 Å². The van der Waals surface area contributed by atoms with Gasteiger partial charge in [-0.2, -0.15) is 0 Å². The van der Waals surface area contributed by atoms with Gasteiger partial charge in [-0.3, -0.25) is 4.57 Å². The van der Waals surface area contributed by atoms with Gasteiger partial charge in [0.25, 0.3) is 0 Å². The molecule has 2 unspecified atom stereocenters. The quantitative estimate of drug-likeness (QED) is 0.148. The van der Waals surface area contributed by atoms with Crippen LogP contribution in [-0.4, -0.2) is 52.2 Å². The van der Waals surface area contributed by atoms with E-state index in [4.69, 9.17) is 28.0 Å². The minimum absolute atomic E-state index is 0.0327. The van der Waals surface area contributed by atoms with Gasteiger partial charge in [0, 0.05) is 13.2 Å². The van der Waals surface area contributed by atoms with Crippen molar-refractivity contribution in [2.75, 3.05) is 39.6 Å². The summed E-state index contributed by atoms with van der Waals surface area (Å²) in [5, 5.41) is 0. The minimum atomic E-state index is -2.40. The van der Waals surface area contributed by atoms with Crippen LogP contribution >= 0.6 is 8.25 Å². The van der Waals surface area contributed by atoms with Crippen molar-refractivity contribution < 1.29 is 32.6 Å². The van der Waals surface area contributed by atoms with E-state index in [0.717, 1.165) is 77.4 Å². The maximum atomic E-state index is 12.0. The average Bonchev–Trinajstić information content (AvgIpc) is 2.82. The zero-order valence-electron chi connectivity index (χ0n) is 22.2. The molecule has 2 rings (SSSR count). The zero-order valence-corrected chi connectivity index (χ0v) is 23.2. The summed E-state index contributed by atoms with van der Waals surface area (Å²) in [5.74, 6) is 0. The molecule has 2 atom stereocenters. The van der Waals surface area contributed by atoms with Crippen LogP contribution in [0.1, 0.15) is 105 Å². The summed E-state index contributed by atoms with van der Waals surface area (Å²) in [6.07, 6.45) is 12.4. The first-order chi connectivity index (χ1) is 16.3. The average molecular weight is 507 g/mol. The Bertz CT molecular complexity index is 497. The fourth-order valence-electron chi connectivity index (χ4n) is 4.23. The van der Waals surface area contributed by atoms with E-state index >= 15 is 0 Å². The first-order valence-corrected chi connectivity index (χ1v) is 14.7. The van der Waals surface area contributed by atoms with Crippen LogP contribution < -0.4 is 0 Å². The molecule has 2 aliphatic rings. The molecule has 0 bridgehead atoms. The molecular formula is C26H51O7P. The van der Waals surface area contributed by atoms with Crippen molar-refractivity contribution in [1.29, 1.82) is 0 Å². The van der Waals surface area contributed by atoms with Crippen molar-refractivity contribution >= 4 is 8.25 Å². The second-order valence-electron chi connectivity index (χ2n) is 11.4. The fourth-order valence-corrected chi connectivity index (χ4v) is 4.94. The third-order valence-corrected chi connectivity index (χ3v) is 7.41. The smallest absolute Gasteiger partial charge is 0.319 e. The highest BCUT2D eigenvalue weighted by molar-refractivity contribution is 7.33. The Morgan fingerprint density at radius 2 is 1.15 bits per heavy atom. The Hall–Kier alpha value is -0.0100. The number of hydrogen-bond acceptors (Lipinski definition) is 7. The van der Waals surface area contributed by atoms with Crippen molar-refractivity contribution in [1.82, 2.24) is 0 Å². The maximum absolute atomic E-state index is 12.0. The van der Waals surface area contributed by atoms with Gasteiger partial charge < -0.3 is 28.0 Å². The standard InChI is InChI=1S/C26H51O7P/c1-25(2,21-30-23-13-5-9-17-28-23)15-7-11-19-32-34(27)33-20-12-8-16-26(3,4)22-31-24-14-6-10-18-29-24/h23-24,34H,5-22H2,1-4H3. The maximum Gasteiger partial charge on any atom is 0.319 e. The summed E-state index contributed by atoms with van der Waals surface area (Å²) in [7, 11) is -2.40. The normalized spacial score (nSPS) is 23.2. The highest BCUT2D eigenvalue weighted by Gasteiger charge is 2.23. The van der Waals surface area contributed by atoms with Gasteiger partial charge in [-0.1, -0.05) is 40.5 Å². The Balaban J connectivity index is 1.41. The Morgan fingerprint density at radius 1 is 0.706 bits per heavy atom. The molecule has 0 amide bonds. The molecule has 2 heterocycles. The molecule has 202 valence electrons. The topological polar surface area (TPSA) is 72.5 Å². The van der Waals surface area contributed by atoms with Gasteiger partial charge in [-0.25, -0.2) is 0 Å². The molecule has 0 aromatic rings. The summed E-state index contributed by atoms with van der Waals surface area (Å²) in [5.41, 5.74) is 0.204. The lowest BCUT2D eigenvalue weighted by Crippen LogP contribution is -2.28. The van der Waals surface area contributed by atoms with Crippen LogP contribution in [0.3, 0.4) is 0 Å². The van der Waals surface area contributed by atoms with Crippen molar-refractivity contribution in [2.45, 2.75) is 117 Å². The molecule has 34 heavy (non-hydrogen) atoms. The molecule has 2 fully saturated rings. The Labute approximate surface area is 208 Å². The largest absolute Gasteiger partial charge is 0.353 e. The van der Waals surface area contributed by atoms with Gasteiger partial charge in [-0.05, 0) is 75.0 Å². The van der Waals surface area contributed by atoms with E-state index in [1.165, 1.54) is 12.8 Å². The zero-order chi connectivity index (χ0) is 24.7. The van der Waals surface area contributed by atoms with E-state index < -0.39 is 8.25 Å². The highest BCUT2D eigenvalue weighted by atomic mass is 31.1. The number of rotatable bonds is 18. The highest BCUT2D eigenvalue weighted by Crippen LogP contribution is 2.29. The Kier molecular flexibility index (Phi) is 14.8. The molecule has 0 radical (unpaired) electrons. The van der Waals surface area contributed by atoms with Gasteiger partial charge in [0.05, 0.1) is 26.4 Å². The lowest BCUT2D eigenvalue weighted by atomic mass is 9.88. The van der Waals surface area contributed by atoms with Crippen molar-refractivity contribution in [3.8, 4) is 0 Å². The van der Waals surface area contributed by atoms with Crippen LogP contribution in [-0.2, 0) is 32.6 Å². The SMILES string of the molecule is CC(C)(CCCCO[PH](=O)OCCCCC(C)(C)COC1CCCCO1)COC1CCCCO1. The lowest BCUT2D eigenvalue weighted by molar-refractivity contribution is -0.176. The Morgan fingerprint density at radius 3 is 1.53 bits per heavy atom. The van der Waals surface area contributed by atoms with Crippen LogP contribution in [0.5, 0.6) is 0 Å². The van der Waals surface area contributed by atoms with Crippen molar-refractivity contribution in [3.05, 3.63) is 0 Å². The van der Waals surface area contributed by atoms with Crippen molar-refractivity contribution in [3.63, 3.8) is 0 Å². The predicted octanol–water partition coefficient (Wildman–Crippen LogP) is 6.89. The molecule has 7 nitrogen and oxygen atoms in total. The van der Waals surface area contributed by atoms with Gasteiger partial charge >= 0.3 is 8.25 Å².